The summed E-state index contributed by atoms with van der Waals surface area (Å²) in [5.74, 6) is -0.253. The zero-order valence-corrected chi connectivity index (χ0v) is 14.2. The van der Waals surface area contributed by atoms with E-state index >= 15 is 0 Å². The van der Waals surface area contributed by atoms with Gasteiger partial charge in [-0.2, -0.15) is 0 Å². The van der Waals surface area contributed by atoms with Crippen molar-refractivity contribution in [1.82, 2.24) is 4.98 Å². The molecular weight excluding hydrogens is 350 g/mol. The van der Waals surface area contributed by atoms with E-state index in [9.17, 15) is 9.59 Å². The number of aromatic nitrogens is 1. The Kier molecular flexibility index (Phi) is 3.98. The quantitative estimate of drug-likeness (QED) is 0.422. The first-order valence-electron chi connectivity index (χ1n) is 7.76. The smallest absolute Gasteiger partial charge is 0.293 e. The van der Waals surface area contributed by atoms with Crippen molar-refractivity contribution in [2.24, 2.45) is 0 Å². The van der Waals surface area contributed by atoms with Gasteiger partial charge < -0.3 is 10.2 Å². The highest BCUT2D eigenvalue weighted by molar-refractivity contribution is 7.22. The number of amides is 1. The number of thiazole rings is 1. The molecule has 2 heterocycles. The van der Waals surface area contributed by atoms with E-state index < -0.39 is 0 Å². The molecule has 128 valence electrons. The number of carbonyl (C=O) groups excluding carboxylic acids is 2. The average Bonchev–Trinajstić information content (AvgIpc) is 3.30. The third-order valence-electron chi connectivity index (χ3n) is 3.79. The number of nitrogens with zero attached hydrogens (tertiary/aromatic N) is 1. The molecular formula is C19H13N3O3S. The number of fused-ring (bicyclic) bond motifs is 1. The number of hydrogen-bond acceptors (Lipinski definition) is 6. The maximum absolute atomic E-state index is 12.6. The molecule has 3 N–H and O–H groups in total. The highest BCUT2D eigenvalue weighted by Crippen LogP contribution is 2.28. The second-order valence-electron chi connectivity index (χ2n) is 5.58. The van der Waals surface area contributed by atoms with Crippen molar-refractivity contribution in [2.45, 2.75) is 0 Å². The Hall–Kier alpha value is -3.45. The van der Waals surface area contributed by atoms with E-state index in [0.717, 1.165) is 4.70 Å². The van der Waals surface area contributed by atoms with Gasteiger partial charge in [-0.15, -0.1) is 0 Å². The van der Waals surface area contributed by atoms with E-state index in [1.807, 2.05) is 0 Å². The van der Waals surface area contributed by atoms with Crippen LogP contribution in [0, 0.1) is 0 Å². The van der Waals surface area contributed by atoms with Gasteiger partial charge in [0.05, 0.1) is 16.5 Å². The maximum Gasteiger partial charge on any atom is 0.293 e. The number of benzene rings is 2. The van der Waals surface area contributed by atoms with Crippen molar-refractivity contribution < 1.29 is 14.0 Å². The molecule has 0 saturated heterocycles. The van der Waals surface area contributed by atoms with Crippen LogP contribution in [0.2, 0.25) is 0 Å². The van der Waals surface area contributed by atoms with Crippen LogP contribution in [0.1, 0.15) is 26.5 Å². The molecule has 4 aromatic rings. The van der Waals surface area contributed by atoms with Crippen LogP contribution in [0.5, 0.6) is 0 Å². The summed E-state index contributed by atoms with van der Waals surface area (Å²) >= 11 is 1.30. The zero-order valence-electron chi connectivity index (χ0n) is 13.4. The number of carbonyl (C=O) groups is 2. The molecule has 0 spiro atoms. The Morgan fingerprint density at radius 1 is 1.04 bits per heavy atom. The monoisotopic (exact) mass is 363 g/mol. The highest BCUT2D eigenvalue weighted by atomic mass is 32.1. The second-order valence-corrected chi connectivity index (χ2v) is 6.61. The summed E-state index contributed by atoms with van der Waals surface area (Å²) in [6.07, 6.45) is 1.43. The lowest BCUT2D eigenvalue weighted by atomic mass is 10.0. The fourth-order valence-corrected chi connectivity index (χ4v) is 3.39. The summed E-state index contributed by atoms with van der Waals surface area (Å²) in [6.45, 7) is 0. The van der Waals surface area contributed by atoms with Crippen molar-refractivity contribution in [1.29, 1.82) is 0 Å². The Morgan fingerprint density at radius 3 is 2.54 bits per heavy atom. The molecule has 6 nitrogen and oxygen atoms in total. The van der Waals surface area contributed by atoms with Crippen molar-refractivity contribution in [3.8, 4) is 0 Å². The van der Waals surface area contributed by atoms with E-state index in [0.29, 0.717) is 27.5 Å². The second kappa shape index (κ2) is 6.45. The number of hydrogen-bond donors (Lipinski definition) is 2. The van der Waals surface area contributed by atoms with Crippen molar-refractivity contribution in [3.63, 3.8) is 0 Å². The van der Waals surface area contributed by atoms with E-state index in [4.69, 9.17) is 10.2 Å². The Labute approximate surface area is 152 Å². The highest BCUT2D eigenvalue weighted by Gasteiger charge is 2.14. The van der Waals surface area contributed by atoms with Gasteiger partial charge in [-0.1, -0.05) is 11.3 Å². The Balaban J connectivity index is 1.60. The van der Waals surface area contributed by atoms with Crippen LogP contribution in [0.15, 0.2) is 65.3 Å². The molecule has 2 aromatic carbocycles. The summed E-state index contributed by atoms with van der Waals surface area (Å²) in [7, 11) is 0. The first-order valence-corrected chi connectivity index (χ1v) is 8.57. The topological polar surface area (TPSA) is 98.2 Å². The van der Waals surface area contributed by atoms with Gasteiger partial charge in [-0.25, -0.2) is 4.98 Å². The molecule has 0 fully saturated rings. The molecule has 2 aromatic heterocycles. The molecule has 0 aliphatic rings. The van der Waals surface area contributed by atoms with Gasteiger partial charge in [0.15, 0.2) is 16.7 Å². The summed E-state index contributed by atoms with van der Waals surface area (Å²) in [4.78, 5) is 29.0. The van der Waals surface area contributed by atoms with Crippen LogP contribution in [0.3, 0.4) is 0 Å². The fraction of sp³-hybridized carbons (Fsp3) is 0. The summed E-state index contributed by atoms with van der Waals surface area (Å²) in [6, 6.07) is 15.3. The van der Waals surface area contributed by atoms with Crippen LogP contribution in [0.25, 0.3) is 10.2 Å². The largest absolute Gasteiger partial charge is 0.459 e. The minimum atomic E-state index is -0.368. The molecule has 0 unspecified atom stereocenters. The molecule has 0 aliphatic carbocycles. The maximum atomic E-state index is 12.6. The van der Waals surface area contributed by atoms with Crippen LogP contribution >= 0.6 is 11.3 Å². The minimum absolute atomic E-state index is 0.0959. The number of nitrogens with one attached hydrogen (secondary N) is 1. The number of anilines is 2. The normalized spacial score (nSPS) is 10.8. The van der Waals surface area contributed by atoms with Gasteiger partial charge >= 0.3 is 0 Å². The SMILES string of the molecule is Nc1ccc(C(=O)c2ccc3nc(NC(=O)c4ccco4)sc3c2)cc1. The van der Waals surface area contributed by atoms with Gasteiger partial charge in [0.1, 0.15) is 0 Å². The molecule has 7 heteroatoms. The van der Waals surface area contributed by atoms with E-state index in [2.05, 4.69) is 10.3 Å². The molecule has 0 saturated carbocycles. The van der Waals surface area contributed by atoms with Gasteiger partial charge in [-0.3, -0.25) is 14.9 Å². The summed E-state index contributed by atoms with van der Waals surface area (Å²) in [5, 5.41) is 3.14. The van der Waals surface area contributed by atoms with Crippen molar-refractivity contribution in [3.05, 3.63) is 77.7 Å². The number of ketones is 1. The van der Waals surface area contributed by atoms with E-state index in [1.54, 1.807) is 54.6 Å². The lowest BCUT2D eigenvalue weighted by Crippen LogP contribution is -2.10. The molecule has 26 heavy (non-hydrogen) atoms. The Bertz CT molecular complexity index is 1100. The lowest BCUT2D eigenvalue weighted by molar-refractivity contribution is 0.0995. The van der Waals surface area contributed by atoms with Gasteiger partial charge in [0.2, 0.25) is 0 Å². The number of rotatable bonds is 4. The predicted octanol–water partition coefficient (Wildman–Crippen LogP) is 3.95. The fourth-order valence-electron chi connectivity index (χ4n) is 2.49. The van der Waals surface area contributed by atoms with Crippen LogP contribution in [-0.4, -0.2) is 16.7 Å². The Morgan fingerprint density at radius 2 is 1.81 bits per heavy atom. The summed E-state index contributed by atoms with van der Waals surface area (Å²) in [5.41, 5.74) is 8.09. The minimum Gasteiger partial charge on any atom is -0.459 e. The molecule has 0 atom stereocenters. The molecule has 0 aliphatic heterocycles. The number of nitrogen functional groups attached to an aromatic ring is 1. The van der Waals surface area contributed by atoms with Crippen LogP contribution < -0.4 is 11.1 Å². The first-order chi connectivity index (χ1) is 12.6. The molecule has 4 rings (SSSR count). The third kappa shape index (κ3) is 3.07. The standard InChI is InChI=1S/C19H13N3O3S/c20-13-6-3-11(4-7-13)17(23)12-5-8-14-16(10-12)26-19(21-14)22-18(24)15-2-1-9-25-15/h1-10H,20H2,(H,21,22,24). The molecule has 0 radical (unpaired) electrons. The van der Waals surface area contributed by atoms with Crippen molar-refractivity contribution >= 4 is 44.1 Å². The molecule has 1 amide bonds. The number of furan rings is 1. The average molecular weight is 363 g/mol. The summed E-state index contributed by atoms with van der Waals surface area (Å²) < 4.78 is 5.87. The van der Waals surface area contributed by atoms with Gasteiger partial charge in [0, 0.05) is 16.8 Å². The van der Waals surface area contributed by atoms with Gasteiger partial charge in [-0.05, 0) is 54.6 Å². The zero-order chi connectivity index (χ0) is 18.1. The first kappa shape index (κ1) is 16.0. The van der Waals surface area contributed by atoms with Crippen LogP contribution in [0.4, 0.5) is 10.8 Å². The number of nitrogens with two attached hydrogens (primary N) is 1. The van der Waals surface area contributed by atoms with E-state index in [-0.39, 0.29) is 17.5 Å². The van der Waals surface area contributed by atoms with E-state index in [1.165, 1.54) is 17.6 Å². The molecule has 0 bridgehead atoms. The van der Waals surface area contributed by atoms with Crippen molar-refractivity contribution in [2.75, 3.05) is 11.1 Å². The lowest BCUT2D eigenvalue weighted by Gasteiger charge is -2.01. The predicted molar refractivity (Wildman–Crippen MR) is 101 cm³/mol. The van der Waals surface area contributed by atoms with Crippen LogP contribution in [-0.2, 0) is 0 Å². The third-order valence-corrected chi connectivity index (χ3v) is 4.72. The van der Waals surface area contributed by atoms with Gasteiger partial charge in [0.25, 0.3) is 5.91 Å².